The van der Waals surface area contributed by atoms with E-state index in [-0.39, 0.29) is 17.8 Å². The monoisotopic (exact) mass is 291 g/mol. The summed E-state index contributed by atoms with van der Waals surface area (Å²) in [5, 5.41) is 10.6. The Morgan fingerprint density at radius 2 is 2.05 bits per heavy atom. The Morgan fingerprint density at radius 1 is 1.45 bits per heavy atom. The molecule has 9 heteroatoms. The highest BCUT2D eigenvalue weighted by atomic mass is 19.4. The molecule has 6 nitrogen and oxygen atoms in total. The Kier molecular flexibility index (Phi) is 4.53. The van der Waals surface area contributed by atoms with Gasteiger partial charge < -0.3 is 10.6 Å². The highest BCUT2D eigenvalue weighted by Gasteiger charge is 2.32. The van der Waals surface area contributed by atoms with Gasteiger partial charge in [-0.2, -0.15) is 13.2 Å². The van der Waals surface area contributed by atoms with Gasteiger partial charge in [0.25, 0.3) is 11.6 Å². The lowest BCUT2D eigenvalue weighted by Gasteiger charge is -2.22. The standard InChI is InChI=1S/C11H12F3N3O3/c1-2-16(6-11(12,13)14)10(18)7-3-4-9(17(19)20)8(15)5-7/h3-5H,2,6,15H2,1H3. The minimum absolute atomic E-state index is 0.126. The zero-order valence-corrected chi connectivity index (χ0v) is 10.5. The van der Waals surface area contributed by atoms with Crippen LogP contribution in [0.15, 0.2) is 18.2 Å². The number of hydrogen-bond donors (Lipinski definition) is 1. The van der Waals surface area contributed by atoms with Crippen molar-refractivity contribution >= 4 is 17.3 Å². The third kappa shape index (κ3) is 3.84. The molecule has 0 aromatic heterocycles. The SMILES string of the molecule is CCN(CC(F)(F)F)C(=O)c1ccc([N+](=O)[O-])c(N)c1. The number of anilines is 1. The highest BCUT2D eigenvalue weighted by molar-refractivity contribution is 5.95. The van der Waals surface area contributed by atoms with Gasteiger partial charge in [0.1, 0.15) is 12.2 Å². The number of nitrogens with zero attached hydrogens (tertiary/aromatic N) is 2. The van der Waals surface area contributed by atoms with Gasteiger partial charge in [0.2, 0.25) is 0 Å². The second-order valence-electron chi connectivity index (χ2n) is 3.97. The summed E-state index contributed by atoms with van der Waals surface area (Å²) >= 11 is 0. The van der Waals surface area contributed by atoms with Gasteiger partial charge in [-0.25, -0.2) is 0 Å². The van der Waals surface area contributed by atoms with Crippen LogP contribution in [0.25, 0.3) is 0 Å². The predicted molar refractivity (Wildman–Crippen MR) is 65.1 cm³/mol. The molecule has 0 aliphatic heterocycles. The fourth-order valence-electron chi connectivity index (χ4n) is 1.58. The van der Waals surface area contributed by atoms with Crippen LogP contribution >= 0.6 is 0 Å². The van der Waals surface area contributed by atoms with Crippen LogP contribution in [0, 0.1) is 10.1 Å². The first kappa shape index (κ1) is 15.7. The van der Waals surface area contributed by atoms with Crippen LogP contribution in [0.5, 0.6) is 0 Å². The first-order chi connectivity index (χ1) is 9.15. The van der Waals surface area contributed by atoms with Crippen LogP contribution in [-0.4, -0.2) is 35.0 Å². The van der Waals surface area contributed by atoms with Gasteiger partial charge in [0, 0.05) is 18.2 Å². The van der Waals surface area contributed by atoms with Gasteiger partial charge in [-0.1, -0.05) is 0 Å². The number of nitro benzene ring substituents is 1. The molecule has 1 aromatic carbocycles. The summed E-state index contributed by atoms with van der Waals surface area (Å²) in [6, 6.07) is 3.07. The Labute approximate surface area is 112 Å². The van der Waals surface area contributed by atoms with E-state index in [9.17, 15) is 28.1 Å². The predicted octanol–water partition coefficient (Wildman–Crippen LogP) is 2.20. The summed E-state index contributed by atoms with van der Waals surface area (Å²) in [6.07, 6.45) is -4.52. The van der Waals surface area contributed by atoms with Crippen molar-refractivity contribution in [2.75, 3.05) is 18.8 Å². The van der Waals surface area contributed by atoms with Crippen molar-refractivity contribution in [3.05, 3.63) is 33.9 Å². The average Bonchev–Trinajstić information content (AvgIpc) is 2.33. The molecule has 0 heterocycles. The maximum Gasteiger partial charge on any atom is 0.406 e. The molecule has 0 saturated heterocycles. The van der Waals surface area contributed by atoms with Crippen LogP contribution in [0.2, 0.25) is 0 Å². The number of alkyl halides is 3. The molecule has 20 heavy (non-hydrogen) atoms. The molecule has 0 fully saturated rings. The molecule has 0 aliphatic carbocycles. The zero-order valence-electron chi connectivity index (χ0n) is 10.5. The fourth-order valence-corrected chi connectivity index (χ4v) is 1.58. The number of carbonyl (C=O) groups is 1. The molecule has 0 unspecified atom stereocenters. The van der Waals surface area contributed by atoms with E-state index in [1.807, 2.05) is 0 Å². The van der Waals surface area contributed by atoms with Gasteiger partial charge in [0.15, 0.2) is 0 Å². The number of nitrogens with two attached hydrogens (primary N) is 1. The van der Waals surface area contributed by atoms with Gasteiger partial charge in [-0.15, -0.1) is 0 Å². The molecule has 1 rings (SSSR count). The third-order valence-electron chi connectivity index (χ3n) is 2.51. The summed E-state index contributed by atoms with van der Waals surface area (Å²) in [4.78, 5) is 22.3. The van der Waals surface area contributed by atoms with Crippen molar-refractivity contribution in [3.8, 4) is 0 Å². The lowest BCUT2D eigenvalue weighted by molar-refractivity contribution is -0.383. The van der Waals surface area contributed by atoms with Crippen LogP contribution in [0.1, 0.15) is 17.3 Å². The number of hydrogen-bond acceptors (Lipinski definition) is 4. The van der Waals surface area contributed by atoms with E-state index in [4.69, 9.17) is 5.73 Å². The maximum absolute atomic E-state index is 12.3. The summed E-state index contributed by atoms with van der Waals surface area (Å²) in [5.41, 5.74) is 4.59. The molecule has 2 N–H and O–H groups in total. The number of carbonyl (C=O) groups excluding carboxylic acids is 1. The van der Waals surface area contributed by atoms with Crippen molar-refractivity contribution in [2.24, 2.45) is 0 Å². The lowest BCUT2D eigenvalue weighted by Crippen LogP contribution is -2.38. The van der Waals surface area contributed by atoms with Crippen molar-refractivity contribution in [2.45, 2.75) is 13.1 Å². The smallest absolute Gasteiger partial charge is 0.393 e. The van der Waals surface area contributed by atoms with Gasteiger partial charge >= 0.3 is 6.18 Å². The minimum atomic E-state index is -4.52. The van der Waals surface area contributed by atoms with E-state index in [2.05, 4.69) is 0 Å². The molecular weight excluding hydrogens is 279 g/mol. The lowest BCUT2D eigenvalue weighted by atomic mass is 10.1. The average molecular weight is 291 g/mol. The van der Waals surface area contributed by atoms with Crippen molar-refractivity contribution in [3.63, 3.8) is 0 Å². The Bertz CT molecular complexity index is 531. The number of nitro groups is 1. The Morgan fingerprint density at radius 3 is 2.45 bits per heavy atom. The zero-order chi connectivity index (χ0) is 15.5. The first-order valence-corrected chi connectivity index (χ1v) is 5.55. The number of nitrogen functional groups attached to an aromatic ring is 1. The number of halogens is 3. The van der Waals surface area contributed by atoms with Crippen molar-refractivity contribution in [1.82, 2.24) is 4.90 Å². The molecule has 1 aromatic rings. The largest absolute Gasteiger partial charge is 0.406 e. The molecular formula is C11H12F3N3O3. The highest BCUT2D eigenvalue weighted by Crippen LogP contribution is 2.24. The molecule has 0 atom stereocenters. The summed E-state index contributed by atoms with van der Waals surface area (Å²) in [6.45, 7) is -0.132. The Balaban J connectivity index is 3.02. The van der Waals surface area contributed by atoms with Crippen molar-refractivity contribution in [1.29, 1.82) is 0 Å². The Hall–Kier alpha value is -2.32. The van der Waals surface area contributed by atoms with Crippen molar-refractivity contribution < 1.29 is 22.9 Å². The normalized spacial score (nSPS) is 11.2. The van der Waals surface area contributed by atoms with Crippen LogP contribution in [0.4, 0.5) is 24.5 Å². The van der Waals surface area contributed by atoms with E-state index >= 15 is 0 Å². The van der Waals surface area contributed by atoms with E-state index in [1.54, 1.807) is 0 Å². The van der Waals surface area contributed by atoms with Gasteiger partial charge in [-0.05, 0) is 19.1 Å². The molecule has 0 bridgehead atoms. The minimum Gasteiger partial charge on any atom is -0.393 e. The van der Waals surface area contributed by atoms with Gasteiger partial charge in [-0.3, -0.25) is 14.9 Å². The fraction of sp³-hybridized carbons (Fsp3) is 0.364. The quantitative estimate of drug-likeness (QED) is 0.523. The summed E-state index contributed by atoms with van der Waals surface area (Å²) in [5.74, 6) is -0.883. The van der Waals surface area contributed by atoms with E-state index in [0.29, 0.717) is 4.90 Å². The third-order valence-corrected chi connectivity index (χ3v) is 2.51. The van der Waals surface area contributed by atoms with Crippen LogP contribution in [0.3, 0.4) is 0 Å². The van der Waals surface area contributed by atoms with E-state index < -0.39 is 29.2 Å². The second-order valence-corrected chi connectivity index (χ2v) is 3.97. The molecule has 0 spiro atoms. The second kappa shape index (κ2) is 5.76. The molecule has 110 valence electrons. The van der Waals surface area contributed by atoms with E-state index in [1.165, 1.54) is 6.92 Å². The van der Waals surface area contributed by atoms with Crippen LogP contribution in [-0.2, 0) is 0 Å². The van der Waals surface area contributed by atoms with Crippen LogP contribution < -0.4 is 5.73 Å². The molecule has 0 aliphatic rings. The number of benzene rings is 1. The van der Waals surface area contributed by atoms with E-state index in [0.717, 1.165) is 18.2 Å². The molecule has 0 radical (unpaired) electrons. The topological polar surface area (TPSA) is 89.5 Å². The number of amides is 1. The number of rotatable bonds is 4. The van der Waals surface area contributed by atoms with Gasteiger partial charge in [0.05, 0.1) is 4.92 Å². The first-order valence-electron chi connectivity index (χ1n) is 5.55. The summed E-state index contributed by atoms with van der Waals surface area (Å²) in [7, 11) is 0. The summed E-state index contributed by atoms with van der Waals surface area (Å²) < 4.78 is 36.9. The maximum atomic E-state index is 12.3. The molecule has 1 amide bonds. The molecule has 0 saturated carbocycles.